The molecule has 2 bridgehead atoms. The maximum Gasteiger partial charge on any atom is 0.246 e. The fourth-order valence-corrected chi connectivity index (χ4v) is 8.62. The van der Waals surface area contributed by atoms with Gasteiger partial charge in [-0.2, -0.15) is 0 Å². The summed E-state index contributed by atoms with van der Waals surface area (Å²) in [5, 5.41) is 25.5. The van der Waals surface area contributed by atoms with Crippen molar-refractivity contribution in [3.05, 3.63) is 51.2 Å². The number of likely N-dealkylation sites (N-methyl/N-ethyl adjacent to an activating group) is 1. The van der Waals surface area contributed by atoms with Crippen LogP contribution in [0.4, 0.5) is 0 Å². The maximum absolute atomic E-state index is 13.3. The number of benzene rings is 1. The van der Waals surface area contributed by atoms with Gasteiger partial charge in [0.25, 0.3) is 0 Å². The van der Waals surface area contributed by atoms with Gasteiger partial charge in [-0.1, -0.05) is 6.07 Å². The number of carbonyl (C=O) groups is 1. The van der Waals surface area contributed by atoms with E-state index in [-0.39, 0.29) is 29.8 Å². The predicted molar refractivity (Wildman–Crippen MR) is 139 cm³/mol. The number of likely N-dealkylation sites (tertiary alicyclic amines) is 1. The number of aliphatic hydroxyl groups is 1. The Kier molecular flexibility index (Phi) is 4.96. The van der Waals surface area contributed by atoms with Crippen molar-refractivity contribution in [1.29, 1.82) is 0 Å². The van der Waals surface area contributed by atoms with Gasteiger partial charge in [-0.15, -0.1) is 11.3 Å². The number of ether oxygens (including phenoxy) is 1. The van der Waals surface area contributed by atoms with Crippen molar-refractivity contribution >= 4 is 23.3 Å². The highest BCUT2D eigenvalue weighted by atomic mass is 32.1. The van der Waals surface area contributed by atoms with Crippen LogP contribution in [-0.4, -0.2) is 69.8 Å². The molecule has 3 aliphatic carbocycles. The summed E-state index contributed by atoms with van der Waals surface area (Å²) in [4.78, 5) is 18.7. The number of hydrogen-bond acceptors (Lipinski definition) is 6. The Morgan fingerprint density at radius 2 is 2.14 bits per heavy atom. The van der Waals surface area contributed by atoms with E-state index in [9.17, 15) is 15.0 Å². The molecule has 36 heavy (non-hydrogen) atoms. The van der Waals surface area contributed by atoms with E-state index >= 15 is 0 Å². The van der Waals surface area contributed by atoms with Crippen molar-refractivity contribution < 1.29 is 19.7 Å². The minimum atomic E-state index is -0.929. The lowest BCUT2D eigenvalue weighted by Gasteiger charge is -2.64. The predicted octanol–water partition coefficient (Wildman–Crippen LogP) is 3.87. The maximum atomic E-state index is 13.3. The first kappa shape index (κ1) is 22.8. The molecular weight excluding hydrogens is 472 g/mol. The van der Waals surface area contributed by atoms with Gasteiger partial charge in [0.2, 0.25) is 5.91 Å². The van der Waals surface area contributed by atoms with E-state index in [2.05, 4.69) is 23.3 Å². The van der Waals surface area contributed by atoms with Crippen LogP contribution in [0.5, 0.6) is 11.5 Å². The van der Waals surface area contributed by atoms with Crippen LogP contribution < -0.4 is 4.74 Å². The summed E-state index contributed by atoms with van der Waals surface area (Å²) in [7, 11) is 1.85. The molecule has 7 heteroatoms. The third-order valence-electron chi connectivity index (χ3n) is 9.72. The second-order valence-corrected chi connectivity index (χ2v) is 12.6. The van der Waals surface area contributed by atoms with Gasteiger partial charge >= 0.3 is 0 Å². The molecule has 2 aliphatic heterocycles. The number of phenolic OH excluding ortho intramolecular Hbond substituents is 1. The molecule has 5 atom stereocenters. The Hall–Kier alpha value is -2.35. The zero-order valence-electron chi connectivity index (χ0n) is 20.9. The lowest BCUT2D eigenvalue weighted by atomic mass is 9.48. The van der Waals surface area contributed by atoms with Gasteiger partial charge in [0.15, 0.2) is 11.5 Å². The fraction of sp³-hybridized carbons (Fsp3) is 0.552. The highest BCUT2D eigenvalue weighted by Crippen LogP contribution is 2.66. The quantitative estimate of drug-likeness (QED) is 0.603. The van der Waals surface area contributed by atoms with Crippen molar-refractivity contribution in [2.24, 2.45) is 5.92 Å². The number of piperidine rings is 1. The van der Waals surface area contributed by atoms with Gasteiger partial charge in [0, 0.05) is 36.2 Å². The summed E-state index contributed by atoms with van der Waals surface area (Å²) in [6.07, 6.45) is 8.61. The first-order valence-electron chi connectivity index (χ1n) is 13.3. The standard InChI is InChI=1S/C29H34N2O4S/c1-17-13-20(36-16-17)6-8-24(33)30(2)21-9-10-29(34)23-14-19-5-7-22(32)26-25(19)28(29,27(21)35-26)11-12-31(23)15-18-3-4-18/h5-8,13,16,18,21,23,27,32,34H,3-4,9-12,14-15H2,1-2H3/b8-6+/t21-,23-,27+,28+,29-/m1/s1. The monoisotopic (exact) mass is 506 g/mol. The molecule has 3 fully saturated rings. The Morgan fingerprint density at radius 3 is 2.89 bits per heavy atom. The number of carbonyl (C=O) groups excluding carboxylic acids is 1. The molecule has 190 valence electrons. The van der Waals surface area contributed by atoms with Crippen LogP contribution in [-0.2, 0) is 16.6 Å². The normalized spacial score (nSPS) is 34.5. The molecule has 1 saturated heterocycles. The average Bonchev–Trinajstić information content (AvgIpc) is 3.46. The van der Waals surface area contributed by atoms with E-state index in [1.807, 2.05) is 19.2 Å². The van der Waals surface area contributed by atoms with E-state index in [0.29, 0.717) is 18.6 Å². The van der Waals surface area contributed by atoms with Gasteiger partial charge in [-0.25, -0.2) is 0 Å². The smallest absolute Gasteiger partial charge is 0.246 e. The number of aryl methyl sites for hydroxylation is 1. The number of aromatic hydroxyl groups is 1. The lowest BCUT2D eigenvalue weighted by Crippen LogP contribution is -2.78. The van der Waals surface area contributed by atoms with Crippen LogP contribution >= 0.6 is 11.3 Å². The molecule has 7 rings (SSSR count). The Labute approximate surface area is 216 Å². The van der Waals surface area contributed by atoms with Crippen LogP contribution in [0.3, 0.4) is 0 Å². The van der Waals surface area contributed by atoms with Crippen LogP contribution in [0.15, 0.2) is 29.7 Å². The number of amides is 1. The third kappa shape index (κ3) is 3.06. The number of thiophene rings is 1. The Bertz CT molecular complexity index is 1270. The summed E-state index contributed by atoms with van der Waals surface area (Å²) >= 11 is 1.63. The highest BCUT2D eigenvalue weighted by Gasteiger charge is 2.73. The van der Waals surface area contributed by atoms with E-state index < -0.39 is 11.0 Å². The summed E-state index contributed by atoms with van der Waals surface area (Å²) < 4.78 is 6.61. The van der Waals surface area contributed by atoms with Crippen LogP contribution in [0.25, 0.3) is 6.08 Å². The second-order valence-electron chi connectivity index (χ2n) is 11.7. The zero-order valence-corrected chi connectivity index (χ0v) is 21.8. The Balaban J connectivity index is 1.26. The van der Waals surface area contributed by atoms with Gasteiger partial charge in [-0.3, -0.25) is 9.69 Å². The molecule has 2 N–H and O–H groups in total. The molecular formula is C29H34N2O4S. The van der Waals surface area contributed by atoms with Crippen LogP contribution in [0.2, 0.25) is 0 Å². The third-order valence-corrected chi connectivity index (χ3v) is 10.7. The fourth-order valence-electron chi connectivity index (χ4n) is 7.83. The number of phenols is 1. The number of nitrogens with zero attached hydrogens (tertiary/aromatic N) is 2. The largest absolute Gasteiger partial charge is 0.504 e. The van der Waals surface area contributed by atoms with Gasteiger partial charge in [0.1, 0.15) is 6.10 Å². The molecule has 3 heterocycles. The topological polar surface area (TPSA) is 73.2 Å². The molecule has 2 aromatic rings. The van der Waals surface area contributed by atoms with E-state index in [4.69, 9.17) is 4.74 Å². The van der Waals surface area contributed by atoms with E-state index in [1.54, 1.807) is 28.4 Å². The van der Waals surface area contributed by atoms with Crippen molar-refractivity contribution in [1.82, 2.24) is 9.80 Å². The second kappa shape index (κ2) is 7.83. The summed E-state index contributed by atoms with van der Waals surface area (Å²) in [5.41, 5.74) is 1.85. The molecule has 0 radical (unpaired) electrons. The molecule has 1 aromatic heterocycles. The number of hydrogen-bond donors (Lipinski definition) is 2. The van der Waals surface area contributed by atoms with Crippen molar-refractivity contribution in [3.8, 4) is 11.5 Å². The minimum Gasteiger partial charge on any atom is -0.504 e. The zero-order chi connectivity index (χ0) is 24.8. The van der Waals surface area contributed by atoms with Crippen LogP contribution in [0.1, 0.15) is 53.7 Å². The van der Waals surface area contributed by atoms with Crippen LogP contribution in [0, 0.1) is 12.8 Å². The molecule has 6 nitrogen and oxygen atoms in total. The number of rotatable bonds is 5. The minimum absolute atomic E-state index is 0.0462. The molecule has 1 aromatic carbocycles. The summed E-state index contributed by atoms with van der Waals surface area (Å²) in [6.45, 7) is 4.03. The molecule has 2 saturated carbocycles. The summed E-state index contributed by atoms with van der Waals surface area (Å²) in [6, 6.07) is 5.71. The summed E-state index contributed by atoms with van der Waals surface area (Å²) in [5.74, 6) is 1.37. The first-order valence-corrected chi connectivity index (χ1v) is 14.2. The molecule has 5 aliphatic rings. The van der Waals surface area contributed by atoms with Crippen molar-refractivity contribution in [3.63, 3.8) is 0 Å². The van der Waals surface area contributed by atoms with Gasteiger partial charge < -0.3 is 19.8 Å². The molecule has 1 spiro atoms. The average molecular weight is 507 g/mol. The van der Waals surface area contributed by atoms with E-state index in [1.165, 1.54) is 24.0 Å². The van der Waals surface area contributed by atoms with Crippen molar-refractivity contribution in [2.75, 3.05) is 20.1 Å². The molecule has 1 amide bonds. The van der Waals surface area contributed by atoms with Crippen molar-refractivity contribution in [2.45, 2.75) is 74.7 Å². The Morgan fingerprint density at radius 1 is 1.31 bits per heavy atom. The molecule has 0 unspecified atom stereocenters. The van der Waals surface area contributed by atoms with Gasteiger partial charge in [-0.05, 0) is 92.6 Å². The SMILES string of the molecule is Cc1csc(/C=C/C(=O)N(C)[C@@H]2CC[C@@]3(O)[C@H]4Cc5ccc(O)c6c5[C@@]3(CCN4CC3CC3)[C@H]2O6)c1. The lowest BCUT2D eigenvalue weighted by molar-refractivity contribution is -0.200. The van der Waals surface area contributed by atoms with E-state index in [0.717, 1.165) is 42.3 Å². The first-order chi connectivity index (χ1) is 17.3. The van der Waals surface area contributed by atoms with Gasteiger partial charge in [0.05, 0.1) is 17.1 Å². The highest BCUT2D eigenvalue weighted by molar-refractivity contribution is 7.11.